The van der Waals surface area contributed by atoms with Crippen molar-refractivity contribution in [3.05, 3.63) is 29.3 Å². The summed E-state index contributed by atoms with van der Waals surface area (Å²) in [4.78, 5) is 24.4. The normalized spacial score (nSPS) is 15.8. The van der Waals surface area contributed by atoms with Gasteiger partial charge in [0.25, 0.3) is 5.91 Å². The third kappa shape index (κ3) is 5.30. The van der Waals surface area contributed by atoms with Crippen LogP contribution in [0.2, 0.25) is 0 Å². The van der Waals surface area contributed by atoms with Crippen LogP contribution in [-0.4, -0.2) is 38.5 Å². The molecule has 152 valence electrons. The summed E-state index contributed by atoms with van der Waals surface area (Å²) in [5.41, 5.74) is -0.302. The number of nitrogens with zero attached hydrogens (tertiary/aromatic N) is 1. The van der Waals surface area contributed by atoms with E-state index in [-0.39, 0.29) is 16.5 Å². The van der Waals surface area contributed by atoms with Crippen molar-refractivity contribution in [2.75, 3.05) is 6.61 Å². The average molecular weight is 407 g/mol. The molecule has 1 amide bonds. The van der Waals surface area contributed by atoms with E-state index in [9.17, 15) is 23.3 Å². The van der Waals surface area contributed by atoms with Crippen molar-refractivity contribution in [3.63, 3.8) is 0 Å². The highest BCUT2D eigenvalue weighted by Crippen LogP contribution is 2.28. The zero-order valence-corrected chi connectivity index (χ0v) is 17.1. The van der Waals surface area contributed by atoms with Crippen molar-refractivity contribution < 1.29 is 22.7 Å². The minimum atomic E-state index is -3.76. The number of carbonyl (C=O) groups is 2. The number of esters is 1. The Morgan fingerprint density at radius 1 is 1.29 bits per heavy atom. The Morgan fingerprint density at radius 3 is 2.50 bits per heavy atom. The molecule has 8 nitrogen and oxygen atoms in total. The van der Waals surface area contributed by atoms with Crippen LogP contribution >= 0.6 is 0 Å². The summed E-state index contributed by atoms with van der Waals surface area (Å²) in [5.74, 6) is -1.36. The number of benzene rings is 1. The third-order valence-corrected chi connectivity index (χ3v) is 6.17. The fourth-order valence-electron chi connectivity index (χ4n) is 3.12. The third-order valence-electron chi connectivity index (χ3n) is 4.51. The molecule has 0 aromatic heterocycles. The summed E-state index contributed by atoms with van der Waals surface area (Å²) in [7, 11) is -3.76. The summed E-state index contributed by atoms with van der Waals surface area (Å²) in [6.07, 6.45) is 2.87. The van der Waals surface area contributed by atoms with Gasteiger partial charge >= 0.3 is 5.97 Å². The molecule has 0 bridgehead atoms. The number of hydrogen-bond acceptors (Lipinski definition) is 6. The second-order valence-corrected chi connectivity index (χ2v) is 8.99. The lowest BCUT2D eigenvalue weighted by Gasteiger charge is -2.21. The van der Waals surface area contributed by atoms with Gasteiger partial charge in [-0.3, -0.25) is 4.79 Å². The maximum atomic E-state index is 12.4. The van der Waals surface area contributed by atoms with Crippen molar-refractivity contribution in [1.82, 2.24) is 10.0 Å². The first-order valence-electron chi connectivity index (χ1n) is 9.11. The first kappa shape index (κ1) is 21.9. The SMILES string of the molecule is Cc1ccc(S(=O)(=O)NC(C)C)cc1C(=O)OCC(=O)NC1(C#N)CCCC1. The number of ether oxygens (including phenoxy) is 1. The van der Waals surface area contributed by atoms with Crippen molar-refractivity contribution in [3.8, 4) is 6.07 Å². The monoisotopic (exact) mass is 407 g/mol. The maximum Gasteiger partial charge on any atom is 0.338 e. The van der Waals surface area contributed by atoms with Gasteiger partial charge in [0.1, 0.15) is 5.54 Å². The van der Waals surface area contributed by atoms with Crippen LogP contribution in [0, 0.1) is 18.3 Å². The molecule has 1 fully saturated rings. The van der Waals surface area contributed by atoms with E-state index in [2.05, 4.69) is 16.1 Å². The predicted molar refractivity (Wildman–Crippen MR) is 102 cm³/mol. The number of aryl methyl sites for hydroxylation is 1. The molecule has 0 aliphatic heterocycles. The van der Waals surface area contributed by atoms with Gasteiger partial charge in [-0.1, -0.05) is 6.07 Å². The zero-order valence-electron chi connectivity index (χ0n) is 16.2. The number of amides is 1. The predicted octanol–water partition coefficient (Wildman–Crippen LogP) is 1.79. The minimum Gasteiger partial charge on any atom is -0.452 e. The van der Waals surface area contributed by atoms with E-state index in [1.807, 2.05) is 0 Å². The number of nitriles is 1. The Morgan fingerprint density at radius 2 is 1.93 bits per heavy atom. The van der Waals surface area contributed by atoms with Gasteiger partial charge in [0, 0.05) is 6.04 Å². The Kier molecular flexibility index (Phi) is 6.80. The largest absolute Gasteiger partial charge is 0.452 e. The second-order valence-electron chi connectivity index (χ2n) is 7.28. The van der Waals surface area contributed by atoms with Crippen LogP contribution in [0.5, 0.6) is 0 Å². The van der Waals surface area contributed by atoms with Crippen LogP contribution in [0.15, 0.2) is 23.1 Å². The molecule has 0 saturated heterocycles. The second kappa shape index (κ2) is 8.71. The van der Waals surface area contributed by atoms with Crippen molar-refractivity contribution >= 4 is 21.9 Å². The fourth-order valence-corrected chi connectivity index (χ4v) is 4.40. The molecule has 2 N–H and O–H groups in total. The number of carbonyl (C=O) groups excluding carboxylic acids is 2. The van der Waals surface area contributed by atoms with Crippen LogP contribution in [0.4, 0.5) is 0 Å². The molecule has 0 unspecified atom stereocenters. The fraction of sp³-hybridized carbons (Fsp3) is 0.526. The van der Waals surface area contributed by atoms with E-state index in [0.29, 0.717) is 18.4 Å². The number of sulfonamides is 1. The summed E-state index contributed by atoms with van der Waals surface area (Å²) in [6.45, 7) is 4.49. The zero-order chi connectivity index (χ0) is 20.9. The molecule has 1 aromatic rings. The standard InChI is InChI=1S/C19H25N3O5S/c1-13(2)22-28(25,26)15-7-6-14(3)16(10-15)18(24)27-11-17(23)21-19(12-20)8-4-5-9-19/h6-7,10,13,22H,4-5,8-9,11H2,1-3H3,(H,21,23). The van der Waals surface area contributed by atoms with Crippen molar-refractivity contribution in [1.29, 1.82) is 5.26 Å². The summed E-state index contributed by atoms with van der Waals surface area (Å²) >= 11 is 0. The van der Waals surface area contributed by atoms with E-state index in [0.717, 1.165) is 12.8 Å². The Labute approximate surface area is 165 Å². The lowest BCUT2D eigenvalue weighted by Crippen LogP contribution is -2.46. The molecular weight excluding hydrogens is 382 g/mol. The smallest absolute Gasteiger partial charge is 0.338 e. The molecule has 2 rings (SSSR count). The number of hydrogen-bond donors (Lipinski definition) is 2. The van der Waals surface area contributed by atoms with Crippen LogP contribution < -0.4 is 10.0 Å². The molecular formula is C19H25N3O5S. The molecule has 1 aliphatic rings. The van der Waals surface area contributed by atoms with Gasteiger partial charge in [0.15, 0.2) is 6.61 Å². The van der Waals surface area contributed by atoms with Crippen LogP contribution in [0.1, 0.15) is 55.5 Å². The first-order valence-corrected chi connectivity index (χ1v) is 10.6. The molecule has 1 saturated carbocycles. The van der Waals surface area contributed by atoms with Gasteiger partial charge in [-0.25, -0.2) is 17.9 Å². The van der Waals surface area contributed by atoms with Crippen molar-refractivity contribution in [2.45, 2.75) is 62.9 Å². The Balaban J connectivity index is 2.07. The van der Waals surface area contributed by atoms with E-state index >= 15 is 0 Å². The topological polar surface area (TPSA) is 125 Å². The molecule has 1 aromatic carbocycles. The molecule has 0 spiro atoms. The molecule has 0 radical (unpaired) electrons. The molecule has 1 aliphatic carbocycles. The first-order chi connectivity index (χ1) is 13.1. The summed E-state index contributed by atoms with van der Waals surface area (Å²) < 4.78 is 32.1. The van der Waals surface area contributed by atoms with Gasteiger partial charge in [-0.15, -0.1) is 0 Å². The van der Waals surface area contributed by atoms with Crippen LogP contribution in [0.3, 0.4) is 0 Å². The van der Waals surface area contributed by atoms with Crippen LogP contribution in [0.25, 0.3) is 0 Å². The quantitative estimate of drug-likeness (QED) is 0.664. The summed E-state index contributed by atoms with van der Waals surface area (Å²) in [6, 6.07) is 5.97. The van der Waals surface area contributed by atoms with E-state index in [1.54, 1.807) is 20.8 Å². The van der Waals surface area contributed by atoms with Gasteiger partial charge in [-0.2, -0.15) is 5.26 Å². The van der Waals surface area contributed by atoms with Crippen LogP contribution in [-0.2, 0) is 19.6 Å². The Hall–Kier alpha value is -2.44. The highest BCUT2D eigenvalue weighted by Gasteiger charge is 2.35. The van der Waals surface area contributed by atoms with E-state index in [1.165, 1.54) is 18.2 Å². The van der Waals surface area contributed by atoms with E-state index in [4.69, 9.17) is 4.74 Å². The van der Waals surface area contributed by atoms with Gasteiger partial charge in [0.2, 0.25) is 10.0 Å². The highest BCUT2D eigenvalue weighted by molar-refractivity contribution is 7.89. The van der Waals surface area contributed by atoms with Crippen molar-refractivity contribution in [2.24, 2.45) is 0 Å². The van der Waals surface area contributed by atoms with Gasteiger partial charge < -0.3 is 10.1 Å². The molecule has 0 heterocycles. The molecule has 9 heteroatoms. The van der Waals surface area contributed by atoms with Gasteiger partial charge in [0.05, 0.1) is 16.5 Å². The summed E-state index contributed by atoms with van der Waals surface area (Å²) in [5, 5.41) is 11.9. The minimum absolute atomic E-state index is 0.0578. The Bertz CT molecular complexity index is 897. The van der Waals surface area contributed by atoms with E-state index < -0.39 is 34.0 Å². The highest BCUT2D eigenvalue weighted by atomic mass is 32.2. The molecule has 0 atom stereocenters. The lowest BCUT2D eigenvalue weighted by atomic mass is 10.00. The molecule has 28 heavy (non-hydrogen) atoms. The van der Waals surface area contributed by atoms with Gasteiger partial charge in [-0.05, 0) is 64.2 Å². The maximum absolute atomic E-state index is 12.4. The lowest BCUT2D eigenvalue weighted by molar-refractivity contribution is -0.125. The number of nitrogens with one attached hydrogen (secondary N) is 2. The number of rotatable bonds is 7. The average Bonchev–Trinajstić information content (AvgIpc) is 3.07.